The van der Waals surface area contributed by atoms with Crippen molar-refractivity contribution in [1.82, 2.24) is 10.2 Å². The van der Waals surface area contributed by atoms with Crippen LogP contribution in [0.3, 0.4) is 0 Å². The molecule has 3 N–H and O–H groups in total. The minimum absolute atomic E-state index is 0.000136. The molecule has 2 aromatic carbocycles. The number of aliphatic hydroxyl groups excluding tert-OH is 2. The molecule has 4 rings (SSSR count). The van der Waals surface area contributed by atoms with Crippen molar-refractivity contribution < 1.29 is 33.7 Å². The molecule has 0 fully saturated rings. The first-order chi connectivity index (χ1) is 20.2. The van der Waals surface area contributed by atoms with Gasteiger partial charge in [0, 0.05) is 37.1 Å². The van der Waals surface area contributed by atoms with Crippen LogP contribution in [0.1, 0.15) is 37.0 Å². The summed E-state index contributed by atoms with van der Waals surface area (Å²) in [5, 5.41) is 24.1. The Labute approximate surface area is 257 Å². The summed E-state index contributed by atoms with van der Waals surface area (Å²) in [5.41, 5.74) is -0.334. The maximum atomic E-state index is 14.1. The van der Waals surface area contributed by atoms with E-state index >= 15 is 0 Å². The number of hydrogen-bond donors (Lipinski definition) is 3. The third-order valence-electron chi connectivity index (χ3n) is 6.84. The second-order valence-corrected chi connectivity index (χ2v) is 11.4. The number of ether oxygens (including phenoxy) is 2. The van der Waals surface area contributed by atoms with Crippen LogP contribution in [0, 0.1) is 3.57 Å². The molecular formula is C31H35IN2O8. The van der Waals surface area contributed by atoms with Gasteiger partial charge in [-0.1, -0.05) is 30.3 Å². The van der Waals surface area contributed by atoms with Crippen molar-refractivity contribution in [3.63, 3.8) is 0 Å². The fourth-order valence-corrected chi connectivity index (χ4v) is 5.32. The van der Waals surface area contributed by atoms with Crippen molar-refractivity contribution in [2.75, 3.05) is 26.3 Å². The van der Waals surface area contributed by atoms with E-state index in [1.54, 1.807) is 42.5 Å². The van der Waals surface area contributed by atoms with Gasteiger partial charge in [-0.2, -0.15) is 0 Å². The number of nitrogens with one attached hydrogen (secondary N) is 1. The zero-order chi connectivity index (χ0) is 30.2. The summed E-state index contributed by atoms with van der Waals surface area (Å²) in [7, 11) is 0. The van der Waals surface area contributed by atoms with E-state index in [1.807, 2.05) is 26.0 Å². The Kier molecular flexibility index (Phi) is 11.1. The van der Waals surface area contributed by atoms with Crippen molar-refractivity contribution in [2.45, 2.75) is 51.0 Å². The first-order valence-electron chi connectivity index (χ1n) is 13.8. The van der Waals surface area contributed by atoms with Gasteiger partial charge < -0.3 is 34.3 Å². The largest absolute Gasteiger partial charge is 0.482 e. The average molecular weight is 691 g/mol. The van der Waals surface area contributed by atoms with E-state index in [0.717, 1.165) is 3.57 Å². The van der Waals surface area contributed by atoms with Gasteiger partial charge in [-0.25, -0.2) is 4.79 Å². The third-order valence-corrected chi connectivity index (χ3v) is 7.73. The lowest BCUT2D eigenvalue weighted by molar-refractivity contribution is -0.118. The number of nitrogens with zero attached hydrogens (tertiary/aromatic N) is 1. The number of rotatable bonds is 12. The molecule has 1 aromatic heterocycles. The lowest BCUT2D eigenvalue weighted by Gasteiger charge is -2.40. The molecule has 3 atom stereocenters. The molecule has 0 bridgehead atoms. The predicted octanol–water partition coefficient (Wildman–Crippen LogP) is 3.27. The molecule has 10 nitrogen and oxygen atoms in total. The Bertz CT molecular complexity index is 1490. The highest BCUT2D eigenvalue weighted by molar-refractivity contribution is 14.1. The molecule has 224 valence electrons. The maximum Gasteiger partial charge on any atom is 0.349 e. The van der Waals surface area contributed by atoms with Gasteiger partial charge >= 0.3 is 5.63 Å². The normalized spacial score (nSPS) is 18.5. The number of carbonyl (C=O) groups excluding carboxylic acids is 2. The Hall–Kier alpha value is -3.26. The van der Waals surface area contributed by atoms with Gasteiger partial charge in [-0.05, 0) is 73.2 Å². The van der Waals surface area contributed by atoms with Crippen LogP contribution in [0.25, 0.3) is 11.0 Å². The maximum absolute atomic E-state index is 14.1. The van der Waals surface area contributed by atoms with Crippen LogP contribution in [0.15, 0.2) is 75.5 Å². The van der Waals surface area contributed by atoms with Crippen LogP contribution < -0.4 is 15.7 Å². The lowest BCUT2D eigenvalue weighted by Crippen LogP contribution is -2.56. The molecule has 0 saturated heterocycles. The molecule has 42 heavy (non-hydrogen) atoms. The first kappa shape index (κ1) is 31.7. The Balaban J connectivity index is 1.72. The van der Waals surface area contributed by atoms with Crippen LogP contribution in [0.5, 0.6) is 5.75 Å². The molecule has 3 aromatic rings. The summed E-state index contributed by atoms with van der Waals surface area (Å²) in [5.74, 6) is -0.571. The van der Waals surface area contributed by atoms with Gasteiger partial charge in [0.15, 0.2) is 0 Å². The molecule has 11 heteroatoms. The van der Waals surface area contributed by atoms with Crippen LogP contribution in [-0.4, -0.2) is 77.6 Å². The van der Waals surface area contributed by atoms with E-state index in [2.05, 4.69) is 27.9 Å². The molecule has 1 aliphatic carbocycles. The van der Waals surface area contributed by atoms with Crippen LogP contribution in [0.2, 0.25) is 0 Å². The smallest absolute Gasteiger partial charge is 0.349 e. The van der Waals surface area contributed by atoms with Crippen molar-refractivity contribution in [1.29, 1.82) is 0 Å². The second-order valence-electron chi connectivity index (χ2n) is 10.2. The summed E-state index contributed by atoms with van der Waals surface area (Å²) in [6.07, 6.45) is -0.268. The molecule has 0 unspecified atom stereocenters. The monoisotopic (exact) mass is 690 g/mol. The van der Waals surface area contributed by atoms with Gasteiger partial charge in [0.1, 0.15) is 29.1 Å². The number of carbonyl (C=O) groups is 2. The van der Waals surface area contributed by atoms with E-state index in [1.165, 1.54) is 11.0 Å². The second kappa shape index (κ2) is 14.8. The number of fused-ring (bicyclic) bond motifs is 1. The van der Waals surface area contributed by atoms with E-state index in [0.29, 0.717) is 29.7 Å². The number of benzene rings is 2. The SMILES string of the molecule is CC(C)OCCCN(C(=O)c1cc2ccccc2oc1=O)[C@@H]1CC(C(=O)NCCO)=C[C@H](Oc2ccccc2I)[C@H]1O. The first-order valence-corrected chi connectivity index (χ1v) is 14.9. The molecular weight excluding hydrogens is 655 g/mol. The lowest BCUT2D eigenvalue weighted by atomic mass is 9.87. The molecule has 0 radical (unpaired) electrons. The van der Waals surface area contributed by atoms with Gasteiger partial charge in [-0.3, -0.25) is 9.59 Å². The molecule has 2 amide bonds. The minimum Gasteiger partial charge on any atom is -0.482 e. The number of aliphatic hydroxyl groups is 2. The molecule has 1 heterocycles. The van der Waals surface area contributed by atoms with Crippen molar-refractivity contribution in [3.05, 3.63) is 85.8 Å². The van der Waals surface area contributed by atoms with Gasteiger partial charge in [0.05, 0.1) is 22.3 Å². The summed E-state index contributed by atoms with van der Waals surface area (Å²) in [6.45, 7) is 4.09. The zero-order valence-corrected chi connectivity index (χ0v) is 25.7. The summed E-state index contributed by atoms with van der Waals surface area (Å²) in [4.78, 5) is 41.5. The Morgan fingerprint density at radius 1 is 1.17 bits per heavy atom. The number of para-hydroxylation sites is 2. The molecule has 0 spiro atoms. The highest BCUT2D eigenvalue weighted by atomic mass is 127. The predicted molar refractivity (Wildman–Crippen MR) is 165 cm³/mol. The average Bonchev–Trinajstić information content (AvgIpc) is 2.97. The quantitative estimate of drug-likeness (QED) is 0.150. The summed E-state index contributed by atoms with van der Waals surface area (Å²) < 4.78 is 18.1. The zero-order valence-electron chi connectivity index (χ0n) is 23.5. The molecule has 0 saturated carbocycles. The van der Waals surface area contributed by atoms with E-state index in [4.69, 9.17) is 13.9 Å². The topological polar surface area (TPSA) is 139 Å². The number of amides is 2. The Morgan fingerprint density at radius 2 is 1.90 bits per heavy atom. The van der Waals surface area contributed by atoms with Crippen LogP contribution in [-0.2, 0) is 9.53 Å². The highest BCUT2D eigenvalue weighted by Gasteiger charge is 2.41. The fourth-order valence-electron chi connectivity index (χ4n) is 4.80. The van der Waals surface area contributed by atoms with Gasteiger partial charge in [-0.15, -0.1) is 0 Å². The molecule has 0 aliphatic heterocycles. The van der Waals surface area contributed by atoms with Crippen LogP contribution >= 0.6 is 22.6 Å². The van der Waals surface area contributed by atoms with Gasteiger partial charge in [0.2, 0.25) is 5.91 Å². The molecule has 1 aliphatic rings. The standard InChI is InChI=1S/C31H35IN2O8/c1-19(2)40-15-7-13-34(30(38)22-16-20-8-3-5-10-25(20)42-31(22)39)24-17-21(29(37)33-12-14-35)18-27(28(24)36)41-26-11-6-4-9-23(26)32/h3-6,8-11,16,18-19,24,27-28,35-36H,7,12-15,17H2,1-2H3,(H,33,37)/t24-,27+,28+/m1/s1. The van der Waals surface area contributed by atoms with Crippen LogP contribution in [0.4, 0.5) is 0 Å². The summed E-state index contributed by atoms with van der Waals surface area (Å²) >= 11 is 2.12. The van der Waals surface area contributed by atoms with Gasteiger partial charge in [0.25, 0.3) is 5.91 Å². The fraction of sp³-hybridized carbons (Fsp3) is 0.387. The van der Waals surface area contributed by atoms with E-state index in [-0.39, 0.29) is 43.4 Å². The number of halogens is 1. The summed E-state index contributed by atoms with van der Waals surface area (Å²) in [6, 6.07) is 14.7. The van der Waals surface area contributed by atoms with Crippen molar-refractivity contribution in [2.24, 2.45) is 0 Å². The highest BCUT2D eigenvalue weighted by Crippen LogP contribution is 2.30. The van der Waals surface area contributed by atoms with E-state index < -0.39 is 35.7 Å². The number of hydrogen-bond acceptors (Lipinski definition) is 8. The van der Waals surface area contributed by atoms with E-state index in [9.17, 15) is 24.6 Å². The minimum atomic E-state index is -1.24. The Morgan fingerprint density at radius 3 is 2.64 bits per heavy atom. The van der Waals surface area contributed by atoms with Crippen molar-refractivity contribution >= 4 is 45.4 Å². The van der Waals surface area contributed by atoms with Crippen molar-refractivity contribution in [3.8, 4) is 5.75 Å². The third kappa shape index (κ3) is 7.77.